The third-order valence-electron chi connectivity index (χ3n) is 3.39. The van der Waals surface area contributed by atoms with E-state index in [-0.39, 0.29) is 5.91 Å². The number of nitrogens with zero attached hydrogens (tertiary/aromatic N) is 4. The van der Waals surface area contributed by atoms with Crippen LogP contribution in [0.1, 0.15) is 11.3 Å². The summed E-state index contributed by atoms with van der Waals surface area (Å²) >= 11 is 0. The van der Waals surface area contributed by atoms with Crippen molar-refractivity contribution >= 4 is 11.7 Å². The number of aromatic nitrogens is 2. The molecule has 1 unspecified atom stereocenters. The molecule has 104 valence electrons. The van der Waals surface area contributed by atoms with E-state index in [4.69, 9.17) is 4.74 Å². The summed E-state index contributed by atoms with van der Waals surface area (Å²) in [6, 6.07) is 0. The maximum atomic E-state index is 12.0. The van der Waals surface area contributed by atoms with Gasteiger partial charge in [0.2, 0.25) is 0 Å². The van der Waals surface area contributed by atoms with Gasteiger partial charge < -0.3 is 14.5 Å². The second-order valence-electron chi connectivity index (χ2n) is 4.95. The lowest BCUT2D eigenvalue weighted by Gasteiger charge is -2.34. The van der Waals surface area contributed by atoms with E-state index in [0.29, 0.717) is 13.2 Å². The Balaban J connectivity index is 2.17. The van der Waals surface area contributed by atoms with E-state index < -0.39 is 6.10 Å². The molecular weight excluding hydrogens is 244 g/mol. The van der Waals surface area contributed by atoms with Gasteiger partial charge in [-0.25, -0.2) is 9.97 Å². The van der Waals surface area contributed by atoms with Gasteiger partial charge in [-0.15, -0.1) is 0 Å². The van der Waals surface area contributed by atoms with Crippen LogP contribution in [0.5, 0.6) is 0 Å². The van der Waals surface area contributed by atoms with Crippen LogP contribution in [0.2, 0.25) is 0 Å². The summed E-state index contributed by atoms with van der Waals surface area (Å²) in [4.78, 5) is 24.1. The lowest BCUT2D eigenvalue weighted by molar-refractivity contribution is -0.141. The molecule has 0 spiro atoms. The molecule has 6 heteroatoms. The minimum Gasteiger partial charge on any atom is -0.365 e. The van der Waals surface area contributed by atoms with Gasteiger partial charge in [-0.1, -0.05) is 0 Å². The van der Waals surface area contributed by atoms with Crippen molar-refractivity contribution in [2.24, 2.45) is 0 Å². The SMILES string of the molecule is Cc1ncnc(N2CCOC(C(=O)N(C)C)C2)c1C. The van der Waals surface area contributed by atoms with Crippen LogP contribution < -0.4 is 4.90 Å². The summed E-state index contributed by atoms with van der Waals surface area (Å²) < 4.78 is 5.55. The predicted molar refractivity (Wildman–Crippen MR) is 72.2 cm³/mol. The van der Waals surface area contributed by atoms with Gasteiger partial charge in [0.1, 0.15) is 12.1 Å². The summed E-state index contributed by atoms with van der Waals surface area (Å²) in [6.45, 7) is 5.78. The highest BCUT2D eigenvalue weighted by atomic mass is 16.5. The second-order valence-corrected chi connectivity index (χ2v) is 4.95. The van der Waals surface area contributed by atoms with Crippen LogP contribution in [0.25, 0.3) is 0 Å². The van der Waals surface area contributed by atoms with E-state index in [0.717, 1.165) is 23.6 Å². The van der Waals surface area contributed by atoms with Gasteiger partial charge in [0.25, 0.3) is 5.91 Å². The molecule has 0 bridgehead atoms. The van der Waals surface area contributed by atoms with Crippen LogP contribution in [0.3, 0.4) is 0 Å². The van der Waals surface area contributed by atoms with E-state index >= 15 is 0 Å². The molecule has 0 saturated carbocycles. The minimum atomic E-state index is -0.418. The monoisotopic (exact) mass is 264 g/mol. The fourth-order valence-electron chi connectivity index (χ4n) is 2.12. The number of hydrogen-bond acceptors (Lipinski definition) is 5. The zero-order valence-electron chi connectivity index (χ0n) is 11.9. The highest BCUT2D eigenvalue weighted by Gasteiger charge is 2.29. The van der Waals surface area contributed by atoms with Gasteiger partial charge in [0.15, 0.2) is 6.10 Å². The molecule has 2 heterocycles. The number of amides is 1. The normalized spacial score (nSPS) is 19.4. The first kappa shape index (κ1) is 13.7. The van der Waals surface area contributed by atoms with Crippen molar-refractivity contribution in [2.75, 3.05) is 38.7 Å². The average Bonchev–Trinajstić information content (AvgIpc) is 2.41. The number of ether oxygens (including phenoxy) is 1. The quantitative estimate of drug-likeness (QED) is 0.773. The number of rotatable bonds is 2. The van der Waals surface area contributed by atoms with Gasteiger partial charge >= 0.3 is 0 Å². The summed E-state index contributed by atoms with van der Waals surface area (Å²) in [7, 11) is 3.48. The minimum absolute atomic E-state index is 0.00636. The van der Waals surface area contributed by atoms with Crippen LogP contribution in [-0.2, 0) is 9.53 Å². The predicted octanol–water partition coefficient (Wildman–Crippen LogP) is 0.387. The number of aryl methyl sites for hydroxylation is 1. The molecular formula is C13H20N4O2. The standard InChI is InChI=1S/C13H20N4O2/c1-9-10(2)14-8-15-12(9)17-5-6-19-11(7-17)13(18)16(3)4/h8,11H,5-7H2,1-4H3. The molecule has 1 aromatic rings. The molecule has 1 aromatic heterocycles. The van der Waals surface area contributed by atoms with Crippen molar-refractivity contribution in [3.63, 3.8) is 0 Å². The Morgan fingerprint density at radius 2 is 2.16 bits per heavy atom. The Bertz CT molecular complexity index is 476. The number of morpholine rings is 1. The van der Waals surface area contributed by atoms with Crippen molar-refractivity contribution in [1.29, 1.82) is 0 Å². The Morgan fingerprint density at radius 1 is 1.42 bits per heavy atom. The Labute approximate surface area is 113 Å². The molecule has 1 aliphatic rings. The first-order valence-electron chi connectivity index (χ1n) is 6.36. The Kier molecular flexibility index (Phi) is 3.99. The fourth-order valence-corrected chi connectivity index (χ4v) is 2.12. The van der Waals surface area contributed by atoms with Crippen molar-refractivity contribution in [3.05, 3.63) is 17.6 Å². The number of anilines is 1. The topological polar surface area (TPSA) is 58.6 Å². The molecule has 0 N–H and O–H groups in total. The van der Waals surface area contributed by atoms with E-state index in [1.807, 2.05) is 13.8 Å². The van der Waals surface area contributed by atoms with Crippen molar-refractivity contribution < 1.29 is 9.53 Å². The molecule has 6 nitrogen and oxygen atoms in total. The zero-order valence-corrected chi connectivity index (χ0v) is 11.9. The number of carbonyl (C=O) groups excluding carboxylic acids is 1. The highest BCUT2D eigenvalue weighted by molar-refractivity contribution is 5.81. The van der Waals surface area contributed by atoms with Crippen molar-refractivity contribution in [2.45, 2.75) is 20.0 Å². The Morgan fingerprint density at radius 3 is 2.84 bits per heavy atom. The molecule has 0 aromatic carbocycles. The lowest BCUT2D eigenvalue weighted by atomic mass is 10.2. The largest absolute Gasteiger partial charge is 0.365 e. The smallest absolute Gasteiger partial charge is 0.253 e. The summed E-state index contributed by atoms with van der Waals surface area (Å²) in [5.41, 5.74) is 2.02. The van der Waals surface area contributed by atoms with Crippen LogP contribution in [0.15, 0.2) is 6.33 Å². The second kappa shape index (κ2) is 5.52. The number of likely N-dealkylation sites (N-methyl/N-ethyl adjacent to an activating group) is 1. The van der Waals surface area contributed by atoms with E-state index in [2.05, 4.69) is 14.9 Å². The molecule has 0 aliphatic carbocycles. The summed E-state index contributed by atoms with van der Waals surface area (Å²) in [5, 5.41) is 0. The van der Waals surface area contributed by atoms with Crippen molar-refractivity contribution in [3.8, 4) is 0 Å². The van der Waals surface area contributed by atoms with E-state index in [1.165, 1.54) is 0 Å². The zero-order chi connectivity index (χ0) is 14.0. The molecule has 0 radical (unpaired) electrons. The van der Waals surface area contributed by atoms with Crippen molar-refractivity contribution in [1.82, 2.24) is 14.9 Å². The number of hydrogen-bond donors (Lipinski definition) is 0. The Hall–Kier alpha value is -1.69. The first-order chi connectivity index (χ1) is 9.00. The first-order valence-corrected chi connectivity index (χ1v) is 6.36. The maximum absolute atomic E-state index is 12.0. The van der Waals surface area contributed by atoms with E-state index in [9.17, 15) is 4.79 Å². The molecule has 1 saturated heterocycles. The number of carbonyl (C=O) groups is 1. The third kappa shape index (κ3) is 2.84. The third-order valence-corrected chi connectivity index (χ3v) is 3.39. The molecule has 1 aliphatic heterocycles. The molecule has 1 atom stereocenters. The van der Waals surface area contributed by atoms with Gasteiger partial charge in [-0.3, -0.25) is 4.79 Å². The van der Waals surface area contributed by atoms with Crippen LogP contribution in [-0.4, -0.2) is 60.7 Å². The van der Waals surface area contributed by atoms with Gasteiger partial charge in [-0.2, -0.15) is 0 Å². The van der Waals surface area contributed by atoms with Gasteiger partial charge in [0, 0.05) is 31.9 Å². The molecule has 1 amide bonds. The fraction of sp³-hybridized carbons (Fsp3) is 0.615. The maximum Gasteiger partial charge on any atom is 0.253 e. The summed E-state index contributed by atoms with van der Waals surface area (Å²) in [5.74, 6) is 0.889. The highest BCUT2D eigenvalue weighted by Crippen LogP contribution is 2.21. The molecule has 19 heavy (non-hydrogen) atoms. The van der Waals surface area contributed by atoms with Gasteiger partial charge in [0.05, 0.1) is 13.2 Å². The van der Waals surface area contributed by atoms with Crippen LogP contribution in [0.4, 0.5) is 5.82 Å². The van der Waals surface area contributed by atoms with Crippen LogP contribution in [0, 0.1) is 13.8 Å². The summed E-state index contributed by atoms with van der Waals surface area (Å²) in [6.07, 6.45) is 1.15. The molecule has 1 fully saturated rings. The van der Waals surface area contributed by atoms with Gasteiger partial charge in [-0.05, 0) is 13.8 Å². The molecule has 2 rings (SSSR count). The average molecular weight is 264 g/mol. The lowest BCUT2D eigenvalue weighted by Crippen LogP contribution is -2.50. The van der Waals surface area contributed by atoms with E-state index in [1.54, 1.807) is 25.3 Å². The van der Waals surface area contributed by atoms with Crippen LogP contribution >= 0.6 is 0 Å².